The van der Waals surface area contributed by atoms with Gasteiger partial charge in [-0.25, -0.2) is 4.79 Å². The average Bonchev–Trinajstić information content (AvgIpc) is 3.09. The molecule has 1 aromatic carbocycles. The SMILES string of the molecule is CC(C)C[C@H](NC(=O)OCc1ccccc1)C(=O)NC1C(=O)N2CCOC12. The van der Waals surface area contributed by atoms with Crippen molar-refractivity contribution in [3.63, 3.8) is 0 Å². The fraction of sp³-hybridized carbons (Fsp3) is 0.526. The van der Waals surface area contributed by atoms with Crippen molar-refractivity contribution in [2.75, 3.05) is 13.2 Å². The molecule has 1 aromatic rings. The van der Waals surface area contributed by atoms with Crippen LogP contribution < -0.4 is 10.6 Å². The second-order valence-corrected chi connectivity index (χ2v) is 7.17. The number of β-lactam (4-membered cyclic amide) rings is 1. The summed E-state index contributed by atoms with van der Waals surface area (Å²) < 4.78 is 10.6. The number of alkyl carbamates (subject to hydrolysis) is 1. The van der Waals surface area contributed by atoms with E-state index in [1.54, 1.807) is 4.90 Å². The van der Waals surface area contributed by atoms with Crippen LogP contribution in [0.25, 0.3) is 0 Å². The summed E-state index contributed by atoms with van der Waals surface area (Å²) in [5.74, 6) is -0.388. The standard InChI is InChI=1S/C19H25N3O5/c1-12(2)10-14(20-19(25)27-11-13-6-4-3-5-7-13)16(23)21-15-17(24)22-8-9-26-18(15)22/h3-7,12,14-15,18H,8-11H2,1-2H3,(H,20,25)(H,21,23)/t14-,15?,18?/m0/s1. The molecule has 8 heteroatoms. The van der Waals surface area contributed by atoms with Gasteiger partial charge >= 0.3 is 6.09 Å². The van der Waals surface area contributed by atoms with Gasteiger partial charge in [0.2, 0.25) is 5.91 Å². The van der Waals surface area contributed by atoms with Crippen molar-refractivity contribution >= 4 is 17.9 Å². The van der Waals surface area contributed by atoms with Gasteiger partial charge in [-0.1, -0.05) is 44.2 Å². The third-order valence-corrected chi connectivity index (χ3v) is 4.59. The molecule has 2 fully saturated rings. The Labute approximate surface area is 158 Å². The summed E-state index contributed by atoms with van der Waals surface area (Å²) >= 11 is 0. The van der Waals surface area contributed by atoms with E-state index in [-0.39, 0.29) is 18.4 Å². The van der Waals surface area contributed by atoms with Gasteiger partial charge in [-0.2, -0.15) is 0 Å². The van der Waals surface area contributed by atoms with Crippen molar-refractivity contribution in [2.24, 2.45) is 5.92 Å². The van der Waals surface area contributed by atoms with Gasteiger partial charge in [0.05, 0.1) is 6.61 Å². The quantitative estimate of drug-likeness (QED) is 0.694. The van der Waals surface area contributed by atoms with Crippen LogP contribution in [0.15, 0.2) is 30.3 Å². The summed E-state index contributed by atoms with van der Waals surface area (Å²) in [4.78, 5) is 38.3. The minimum absolute atomic E-state index is 0.120. The van der Waals surface area contributed by atoms with Crippen molar-refractivity contribution < 1.29 is 23.9 Å². The van der Waals surface area contributed by atoms with E-state index in [0.717, 1.165) is 5.56 Å². The summed E-state index contributed by atoms with van der Waals surface area (Å²) in [6, 6.07) is 7.82. The van der Waals surface area contributed by atoms with E-state index in [4.69, 9.17) is 9.47 Å². The number of hydrogen-bond acceptors (Lipinski definition) is 5. The number of carbonyl (C=O) groups excluding carboxylic acids is 3. The molecule has 0 bridgehead atoms. The molecule has 27 heavy (non-hydrogen) atoms. The molecule has 0 radical (unpaired) electrons. The predicted molar refractivity (Wildman–Crippen MR) is 96.4 cm³/mol. The Balaban J connectivity index is 1.53. The fourth-order valence-corrected chi connectivity index (χ4v) is 3.22. The topological polar surface area (TPSA) is 97.0 Å². The molecule has 0 saturated carbocycles. The van der Waals surface area contributed by atoms with Crippen LogP contribution in [0.1, 0.15) is 25.8 Å². The second-order valence-electron chi connectivity index (χ2n) is 7.17. The Morgan fingerprint density at radius 2 is 2.04 bits per heavy atom. The van der Waals surface area contributed by atoms with Crippen LogP contribution in [0.5, 0.6) is 0 Å². The Morgan fingerprint density at radius 1 is 1.30 bits per heavy atom. The maximum atomic E-state index is 12.6. The minimum atomic E-state index is -0.781. The zero-order valence-corrected chi connectivity index (χ0v) is 15.5. The van der Waals surface area contributed by atoms with Crippen LogP contribution in [-0.2, 0) is 25.7 Å². The van der Waals surface area contributed by atoms with Crippen LogP contribution in [0.3, 0.4) is 0 Å². The van der Waals surface area contributed by atoms with Gasteiger partial charge in [-0.05, 0) is 17.9 Å². The normalized spacial score (nSPS) is 22.0. The van der Waals surface area contributed by atoms with E-state index in [9.17, 15) is 14.4 Å². The molecule has 2 aliphatic heterocycles. The predicted octanol–water partition coefficient (Wildman–Crippen LogP) is 1.01. The van der Waals surface area contributed by atoms with Crippen molar-refractivity contribution in [3.05, 3.63) is 35.9 Å². The molecule has 2 saturated heterocycles. The van der Waals surface area contributed by atoms with Crippen LogP contribution >= 0.6 is 0 Å². The number of fused-ring (bicyclic) bond motifs is 1. The third kappa shape index (κ3) is 4.57. The summed E-state index contributed by atoms with van der Waals surface area (Å²) in [6.45, 7) is 5.05. The Morgan fingerprint density at radius 3 is 2.74 bits per heavy atom. The van der Waals surface area contributed by atoms with Crippen molar-refractivity contribution in [1.82, 2.24) is 15.5 Å². The number of nitrogens with zero attached hydrogens (tertiary/aromatic N) is 1. The zero-order chi connectivity index (χ0) is 19.4. The molecular weight excluding hydrogens is 350 g/mol. The number of carbonyl (C=O) groups is 3. The molecular formula is C19H25N3O5. The van der Waals surface area contributed by atoms with E-state index in [2.05, 4.69) is 10.6 Å². The number of ether oxygens (including phenoxy) is 2. The molecule has 0 aromatic heterocycles. The summed E-state index contributed by atoms with van der Waals surface area (Å²) in [6.07, 6.45) is -0.632. The van der Waals surface area contributed by atoms with Crippen LogP contribution in [0, 0.1) is 5.92 Å². The largest absolute Gasteiger partial charge is 0.445 e. The molecule has 2 unspecified atom stereocenters. The Kier molecular flexibility index (Phi) is 5.95. The first-order valence-electron chi connectivity index (χ1n) is 9.15. The first kappa shape index (κ1) is 19.2. The molecule has 0 spiro atoms. The number of rotatable bonds is 7. The van der Waals surface area contributed by atoms with Crippen molar-refractivity contribution in [1.29, 1.82) is 0 Å². The minimum Gasteiger partial charge on any atom is -0.445 e. The maximum absolute atomic E-state index is 12.6. The summed E-state index contributed by atoms with van der Waals surface area (Å²) in [5, 5.41) is 5.30. The lowest BCUT2D eigenvalue weighted by atomic mass is 10.0. The number of amides is 3. The van der Waals surface area contributed by atoms with Gasteiger partial charge in [0.1, 0.15) is 12.6 Å². The van der Waals surface area contributed by atoms with E-state index < -0.39 is 30.3 Å². The summed E-state index contributed by atoms with van der Waals surface area (Å²) in [5.41, 5.74) is 0.857. The lowest BCUT2D eigenvalue weighted by Crippen LogP contribution is -2.70. The first-order valence-corrected chi connectivity index (χ1v) is 9.15. The number of hydrogen-bond donors (Lipinski definition) is 2. The van der Waals surface area contributed by atoms with Crippen molar-refractivity contribution in [3.8, 4) is 0 Å². The van der Waals surface area contributed by atoms with Crippen molar-refractivity contribution in [2.45, 2.75) is 45.2 Å². The van der Waals surface area contributed by atoms with Gasteiger partial charge in [-0.3, -0.25) is 9.59 Å². The van der Waals surface area contributed by atoms with Gasteiger partial charge in [0.25, 0.3) is 5.91 Å². The van der Waals surface area contributed by atoms with Crippen LogP contribution in [0.4, 0.5) is 4.79 Å². The van der Waals surface area contributed by atoms with Gasteiger partial charge in [0.15, 0.2) is 12.3 Å². The van der Waals surface area contributed by atoms with Gasteiger partial charge < -0.3 is 25.0 Å². The second kappa shape index (κ2) is 8.39. The number of benzene rings is 1. The van der Waals surface area contributed by atoms with E-state index in [1.165, 1.54) is 0 Å². The highest BCUT2D eigenvalue weighted by atomic mass is 16.5. The van der Waals surface area contributed by atoms with Crippen LogP contribution in [0.2, 0.25) is 0 Å². The van der Waals surface area contributed by atoms with Gasteiger partial charge in [-0.15, -0.1) is 0 Å². The molecule has 2 aliphatic rings. The number of nitrogens with one attached hydrogen (secondary N) is 2. The Bertz CT molecular complexity index is 694. The lowest BCUT2D eigenvalue weighted by molar-refractivity contribution is -0.165. The zero-order valence-electron chi connectivity index (χ0n) is 15.5. The maximum Gasteiger partial charge on any atom is 0.408 e. The molecule has 2 N–H and O–H groups in total. The highest BCUT2D eigenvalue weighted by Gasteiger charge is 2.52. The van der Waals surface area contributed by atoms with E-state index in [0.29, 0.717) is 19.6 Å². The fourth-order valence-electron chi connectivity index (χ4n) is 3.22. The smallest absolute Gasteiger partial charge is 0.408 e. The molecule has 3 amide bonds. The highest BCUT2D eigenvalue weighted by Crippen LogP contribution is 2.25. The average molecular weight is 375 g/mol. The molecule has 146 valence electrons. The molecule has 0 aliphatic carbocycles. The lowest BCUT2D eigenvalue weighted by Gasteiger charge is -2.41. The Hall–Kier alpha value is -2.61. The van der Waals surface area contributed by atoms with Crippen LogP contribution in [-0.4, -0.2) is 54.3 Å². The molecule has 2 heterocycles. The van der Waals surface area contributed by atoms with E-state index in [1.807, 2.05) is 44.2 Å². The monoisotopic (exact) mass is 375 g/mol. The molecule has 8 nitrogen and oxygen atoms in total. The summed E-state index contributed by atoms with van der Waals surface area (Å²) in [7, 11) is 0. The van der Waals surface area contributed by atoms with Gasteiger partial charge in [0, 0.05) is 6.54 Å². The molecule has 3 atom stereocenters. The first-order chi connectivity index (χ1) is 13.0. The third-order valence-electron chi connectivity index (χ3n) is 4.59. The highest BCUT2D eigenvalue weighted by molar-refractivity contribution is 5.95. The van der Waals surface area contributed by atoms with E-state index >= 15 is 0 Å². The molecule has 3 rings (SSSR count).